The van der Waals surface area contributed by atoms with Crippen molar-refractivity contribution in [2.45, 2.75) is 18.9 Å². The lowest BCUT2D eigenvalue weighted by atomic mass is 10.1. The van der Waals surface area contributed by atoms with Crippen LogP contribution in [0.2, 0.25) is 0 Å². The van der Waals surface area contributed by atoms with Crippen molar-refractivity contribution in [3.63, 3.8) is 0 Å². The number of benzene rings is 1. The van der Waals surface area contributed by atoms with Gasteiger partial charge < -0.3 is 14.6 Å². The van der Waals surface area contributed by atoms with E-state index in [1.807, 2.05) is 31.2 Å². The van der Waals surface area contributed by atoms with E-state index in [0.717, 1.165) is 11.3 Å². The monoisotopic (exact) mass is 235 g/mol. The van der Waals surface area contributed by atoms with Crippen LogP contribution in [0.5, 0.6) is 5.75 Å². The molecule has 0 radical (unpaired) electrons. The summed E-state index contributed by atoms with van der Waals surface area (Å²) in [6.45, 7) is 2.35. The largest absolute Gasteiger partial charge is 0.497 e. The van der Waals surface area contributed by atoms with Gasteiger partial charge in [-0.2, -0.15) is 0 Å². The lowest BCUT2D eigenvalue weighted by molar-refractivity contribution is 0.169. The molecular formula is C13H17NO3. The SMILES string of the molecule is COc1ccc(CC2=N[C@](C)(CO)CO2)cc1. The van der Waals surface area contributed by atoms with Crippen LogP contribution in [-0.2, 0) is 11.2 Å². The Morgan fingerprint density at radius 1 is 1.41 bits per heavy atom. The minimum atomic E-state index is -0.470. The zero-order chi connectivity index (χ0) is 12.3. The zero-order valence-corrected chi connectivity index (χ0v) is 10.1. The van der Waals surface area contributed by atoms with Crippen LogP contribution in [0.1, 0.15) is 12.5 Å². The van der Waals surface area contributed by atoms with Crippen molar-refractivity contribution in [3.8, 4) is 5.75 Å². The zero-order valence-electron chi connectivity index (χ0n) is 10.1. The highest BCUT2D eigenvalue weighted by molar-refractivity contribution is 5.80. The maximum absolute atomic E-state index is 9.17. The van der Waals surface area contributed by atoms with Crippen LogP contribution < -0.4 is 4.74 Å². The van der Waals surface area contributed by atoms with Crippen molar-refractivity contribution in [3.05, 3.63) is 29.8 Å². The highest BCUT2D eigenvalue weighted by Gasteiger charge is 2.30. The number of rotatable bonds is 4. The Balaban J connectivity index is 2.04. The highest BCUT2D eigenvalue weighted by Crippen LogP contribution is 2.20. The van der Waals surface area contributed by atoms with Gasteiger partial charge >= 0.3 is 0 Å². The van der Waals surface area contributed by atoms with E-state index in [9.17, 15) is 5.11 Å². The molecule has 1 N–H and O–H groups in total. The van der Waals surface area contributed by atoms with Gasteiger partial charge in [0.05, 0.1) is 13.7 Å². The van der Waals surface area contributed by atoms with E-state index in [1.165, 1.54) is 0 Å². The molecule has 1 aromatic rings. The summed E-state index contributed by atoms with van der Waals surface area (Å²) in [5.74, 6) is 1.52. The molecule has 17 heavy (non-hydrogen) atoms. The van der Waals surface area contributed by atoms with Crippen LogP contribution in [0.15, 0.2) is 29.3 Å². The highest BCUT2D eigenvalue weighted by atomic mass is 16.5. The molecule has 1 aliphatic rings. The molecule has 0 aromatic heterocycles. The van der Waals surface area contributed by atoms with Gasteiger partial charge in [-0.25, -0.2) is 4.99 Å². The molecule has 0 bridgehead atoms. The van der Waals surface area contributed by atoms with Crippen molar-refractivity contribution in [1.29, 1.82) is 0 Å². The Hall–Kier alpha value is -1.55. The van der Waals surface area contributed by atoms with E-state index in [-0.39, 0.29) is 6.61 Å². The second-order valence-corrected chi connectivity index (χ2v) is 4.47. The van der Waals surface area contributed by atoms with E-state index in [4.69, 9.17) is 9.47 Å². The first-order valence-electron chi connectivity index (χ1n) is 5.60. The molecular weight excluding hydrogens is 218 g/mol. The van der Waals surface area contributed by atoms with Gasteiger partial charge in [0, 0.05) is 6.42 Å². The summed E-state index contributed by atoms with van der Waals surface area (Å²) in [7, 11) is 1.64. The summed E-state index contributed by atoms with van der Waals surface area (Å²) in [6.07, 6.45) is 0.652. The Labute approximate surface area is 101 Å². The van der Waals surface area contributed by atoms with Gasteiger partial charge in [0.1, 0.15) is 17.9 Å². The van der Waals surface area contributed by atoms with Gasteiger partial charge in [-0.05, 0) is 24.6 Å². The molecule has 0 unspecified atom stereocenters. The van der Waals surface area contributed by atoms with E-state index in [0.29, 0.717) is 18.9 Å². The van der Waals surface area contributed by atoms with Crippen LogP contribution in [0.4, 0.5) is 0 Å². The third-order valence-electron chi connectivity index (χ3n) is 2.80. The molecule has 2 rings (SSSR count). The predicted octanol–water partition coefficient (Wildman–Crippen LogP) is 1.42. The summed E-state index contributed by atoms with van der Waals surface area (Å²) >= 11 is 0. The van der Waals surface area contributed by atoms with Crippen LogP contribution in [0, 0.1) is 0 Å². The quantitative estimate of drug-likeness (QED) is 0.858. The first kappa shape index (κ1) is 11.9. The van der Waals surface area contributed by atoms with Crippen molar-refractivity contribution in [1.82, 2.24) is 0 Å². The minimum absolute atomic E-state index is 0.0130. The molecule has 1 atom stereocenters. The Bertz CT molecular complexity index is 413. The summed E-state index contributed by atoms with van der Waals surface area (Å²) in [5.41, 5.74) is 0.647. The minimum Gasteiger partial charge on any atom is -0.497 e. The lowest BCUT2D eigenvalue weighted by Crippen LogP contribution is -2.28. The average molecular weight is 235 g/mol. The third kappa shape index (κ3) is 2.77. The molecule has 0 aliphatic carbocycles. The predicted molar refractivity (Wildman–Crippen MR) is 65.6 cm³/mol. The van der Waals surface area contributed by atoms with Crippen LogP contribution >= 0.6 is 0 Å². The number of nitrogens with zero attached hydrogens (tertiary/aromatic N) is 1. The number of methoxy groups -OCH3 is 1. The molecule has 0 saturated carbocycles. The number of aliphatic hydroxyl groups excluding tert-OH is 1. The first-order valence-corrected chi connectivity index (χ1v) is 5.60. The third-order valence-corrected chi connectivity index (χ3v) is 2.80. The Morgan fingerprint density at radius 2 is 2.12 bits per heavy atom. The number of hydrogen-bond donors (Lipinski definition) is 1. The number of ether oxygens (including phenoxy) is 2. The van der Waals surface area contributed by atoms with E-state index < -0.39 is 5.54 Å². The fourth-order valence-electron chi connectivity index (χ4n) is 1.69. The molecule has 1 aliphatic heterocycles. The second-order valence-electron chi connectivity index (χ2n) is 4.47. The van der Waals surface area contributed by atoms with E-state index >= 15 is 0 Å². The van der Waals surface area contributed by atoms with Gasteiger partial charge in [0.25, 0.3) is 0 Å². The maximum atomic E-state index is 9.17. The fourth-order valence-corrected chi connectivity index (χ4v) is 1.69. The van der Waals surface area contributed by atoms with Gasteiger partial charge in [0.15, 0.2) is 5.90 Å². The molecule has 0 fully saturated rings. The second kappa shape index (κ2) is 4.75. The maximum Gasteiger partial charge on any atom is 0.188 e. The van der Waals surface area contributed by atoms with E-state index in [1.54, 1.807) is 7.11 Å². The van der Waals surface area contributed by atoms with Crippen LogP contribution in [0.3, 0.4) is 0 Å². The molecule has 0 saturated heterocycles. The molecule has 1 aromatic carbocycles. The van der Waals surface area contributed by atoms with Gasteiger partial charge in [0.2, 0.25) is 0 Å². The number of aliphatic imine (C=N–C) groups is 1. The normalized spacial score (nSPS) is 23.1. The molecule has 4 heteroatoms. The van der Waals surface area contributed by atoms with Gasteiger partial charge in [-0.1, -0.05) is 12.1 Å². The fraction of sp³-hybridized carbons (Fsp3) is 0.462. The number of aliphatic hydroxyl groups is 1. The summed E-state index contributed by atoms with van der Waals surface area (Å²) in [4.78, 5) is 4.39. The molecule has 4 nitrogen and oxygen atoms in total. The van der Waals surface area contributed by atoms with Crippen LogP contribution in [0.25, 0.3) is 0 Å². The summed E-state index contributed by atoms with van der Waals surface area (Å²) < 4.78 is 10.6. The molecule has 0 spiro atoms. The molecule has 0 amide bonds. The Kier molecular flexibility index (Phi) is 3.33. The first-order chi connectivity index (χ1) is 8.15. The van der Waals surface area contributed by atoms with Crippen molar-refractivity contribution < 1.29 is 14.6 Å². The molecule has 1 heterocycles. The number of hydrogen-bond acceptors (Lipinski definition) is 4. The summed E-state index contributed by atoms with van der Waals surface area (Å²) in [5, 5.41) is 9.17. The van der Waals surface area contributed by atoms with Crippen LogP contribution in [-0.4, -0.2) is 36.9 Å². The average Bonchev–Trinajstić information content (AvgIpc) is 2.73. The molecule has 92 valence electrons. The standard InChI is InChI=1S/C13H17NO3/c1-13(8-15)9-17-12(14-13)7-10-3-5-11(16-2)6-4-10/h3-6,15H,7-9H2,1-2H3/t13-/m1/s1. The van der Waals surface area contributed by atoms with Crippen molar-refractivity contribution >= 4 is 5.90 Å². The van der Waals surface area contributed by atoms with Gasteiger partial charge in [-0.15, -0.1) is 0 Å². The summed E-state index contributed by atoms with van der Waals surface area (Å²) in [6, 6.07) is 7.80. The van der Waals surface area contributed by atoms with Gasteiger partial charge in [-0.3, -0.25) is 0 Å². The van der Waals surface area contributed by atoms with Crippen molar-refractivity contribution in [2.24, 2.45) is 4.99 Å². The lowest BCUT2D eigenvalue weighted by Gasteiger charge is -2.12. The van der Waals surface area contributed by atoms with E-state index in [2.05, 4.69) is 4.99 Å². The van der Waals surface area contributed by atoms with Crippen molar-refractivity contribution in [2.75, 3.05) is 20.3 Å². The smallest absolute Gasteiger partial charge is 0.188 e. The topological polar surface area (TPSA) is 51.0 Å². The Morgan fingerprint density at radius 3 is 2.65 bits per heavy atom.